The van der Waals surface area contributed by atoms with Crippen molar-refractivity contribution in [3.05, 3.63) is 54.0 Å². The van der Waals surface area contributed by atoms with Gasteiger partial charge in [0.05, 0.1) is 40.3 Å². The van der Waals surface area contributed by atoms with Crippen molar-refractivity contribution in [2.45, 2.75) is 32.0 Å². The van der Waals surface area contributed by atoms with E-state index in [1.54, 1.807) is 25.1 Å². The van der Waals surface area contributed by atoms with Crippen molar-refractivity contribution in [1.29, 1.82) is 0 Å². The van der Waals surface area contributed by atoms with Crippen LogP contribution in [-0.4, -0.2) is 51.9 Å². The topological polar surface area (TPSA) is 115 Å². The second-order valence-corrected chi connectivity index (χ2v) is 9.86. The second-order valence-electron chi connectivity index (χ2n) is 9.86. The number of aliphatic hydroxyl groups is 1. The van der Waals surface area contributed by atoms with Gasteiger partial charge in [-0.2, -0.15) is 0 Å². The number of ether oxygens (including phenoxy) is 7. The van der Waals surface area contributed by atoms with Gasteiger partial charge in [-0.25, -0.2) is 4.79 Å². The molecular formula is C30H32O10. The summed E-state index contributed by atoms with van der Waals surface area (Å²) in [6.07, 6.45) is 0.611. The fourth-order valence-corrected chi connectivity index (χ4v) is 5.35. The fraction of sp³-hybridized carbons (Fsp3) is 0.367. The van der Waals surface area contributed by atoms with E-state index in [9.17, 15) is 9.90 Å². The van der Waals surface area contributed by atoms with E-state index in [4.69, 9.17) is 37.6 Å². The Hall–Kier alpha value is -4.31. The number of furan rings is 1. The summed E-state index contributed by atoms with van der Waals surface area (Å²) in [4.78, 5) is 13.4. The van der Waals surface area contributed by atoms with E-state index in [0.29, 0.717) is 57.6 Å². The van der Waals surface area contributed by atoms with Crippen LogP contribution in [0.1, 0.15) is 36.8 Å². The summed E-state index contributed by atoms with van der Waals surface area (Å²) in [7, 11) is 6.01. The molecule has 1 N–H and O–H groups in total. The van der Waals surface area contributed by atoms with E-state index in [-0.39, 0.29) is 18.1 Å². The molecule has 2 aromatic carbocycles. The second kappa shape index (κ2) is 10.3. The SMILES string of the molecule is C=C(C(=O)O[C@H]1c2cc(OC)c(OC)c(OC)c2-c2c(cc3c(c2OC)OCO3)C[C@H](C)[C@]1(C)O)c1ccco1. The van der Waals surface area contributed by atoms with Crippen LogP contribution >= 0.6 is 0 Å². The van der Waals surface area contributed by atoms with Crippen molar-refractivity contribution in [2.24, 2.45) is 5.92 Å². The predicted octanol–water partition coefficient (Wildman–Crippen LogP) is 4.95. The largest absolute Gasteiger partial charge is 0.493 e. The molecule has 0 radical (unpaired) electrons. The van der Waals surface area contributed by atoms with Crippen molar-refractivity contribution in [3.8, 4) is 45.6 Å². The summed E-state index contributed by atoms with van der Waals surface area (Å²) >= 11 is 0. The lowest BCUT2D eigenvalue weighted by atomic mass is 9.73. The number of carbonyl (C=O) groups excluding carboxylic acids is 1. The smallest absolute Gasteiger partial charge is 0.342 e. The van der Waals surface area contributed by atoms with Gasteiger partial charge in [-0.05, 0) is 49.1 Å². The van der Waals surface area contributed by atoms with Gasteiger partial charge < -0.3 is 42.7 Å². The first-order chi connectivity index (χ1) is 19.2. The molecule has 0 saturated heterocycles. The number of hydrogen-bond acceptors (Lipinski definition) is 10. The summed E-state index contributed by atoms with van der Waals surface area (Å²) in [5.74, 6) is 1.38. The molecule has 0 fully saturated rings. The van der Waals surface area contributed by atoms with E-state index in [1.165, 1.54) is 34.7 Å². The number of hydrogen-bond donors (Lipinski definition) is 1. The highest BCUT2D eigenvalue weighted by molar-refractivity contribution is 6.14. The van der Waals surface area contributed by atoms with Crippen LogP contribution in [0.3, 0.4) is 0 Å². The lowest BCUT2D eigenvalue weighted by molar-refractivity contribution is -0.164. The van der Waals surface area contributed by atoms with Gasteiger partial charge in [0.25, 0.3) is 0 Å². The van der Waals surface area contributed by atoms with Crippen LogP contribution in [0.4, 0.5) is 0 Å². The van der Waals surface area contributed by atoms with E-state index < -0.39 is 23.6 Å². The number of carbonyl (C=O) groups is 1. The average molecular weight is 553 g/mol. The van der Waals surface area contributed by atoms with Gasteiger partial charge in [-0.3, -0.25) is 0 Å². The van der Waals surface area contributed by atoms with Crippen LogP contribution in [0.5, 0.6) is 34.5 Å². The van der Waals surface area contributed by atoms with Gasteiger partial charge in [0.15, 0.2) is 29.1 Å². The van der Waals surface area contributed by atoms with E-state index in [1.807, 2.05) is 13.0 Å². The van der Waals surface area contributed by atoms with Gasteiger partial charge >= 0.3 is 5.97 Å². The number of methoxy groups -OCH3 is 4. The number of esters is 1. The lowest BCUT2D eigenvalue weighted by Crippen LogP contribution is -2.44. The maximum absolute atomic E-state index is 13.4. The normalized spacial score (nSPS) is 20.9. The van der Waals surface area contributed by atoms with E-state index >= 15 is 0 Å². The van der Waals surface area contributed by atoms with Crippen LogP contribution in [0.15, 0.2) is 41.5 Å². The minimum Gasteiger partial charge on any atom is -0.493 e. The summed E-state index contributed by atoms with van der Waals surface area (Å²) in [6, 6.07) is 6.80. The van der Waals surface area contributed by atoms with Crippen molar-refractivity contribution >= 4 is 11.5 Å². The minimum atomic E-state index is -1.57. The average Bonchev–Trinajstić information content (AvgIpc) is 3.65. The molecule has 5 rings (SSSR count). The minimum absolute atomic E-state index is 0.00542. The zero-order chi connectivity index (χ0) is 28.8. The molecule has 212 valence electrons. The molecule has 1 aliphatic carbocycles. The third kappa shape index (κ3) is 4.19. The first kappa shape index (κ1) is 27.3. The highest BCUT2D eigenvalue weighted by Gasteiger charge is 2.47. The Kier molecular flexibility index (Phi) is 7.05. The van der Waals surface area contributed by atoms with Crippen LogP contribution in [-0.2, 0) is 16.0 Å². The molecular weight excluding hydrogens is 520 g/mol. The molecule has 1 aromatic heterocycles. The molecule has 2 aliphatic rings. The molecule has 2 heterocycles. The third-order valence-corrected chi connectivity index (χ3v) is 7.64. The molecule has 0 saturated carbocycles. The molecule has 3 atom stereocenters. The first-order valence-electron chi connectivity index (χ1n) is 12.7. The summed E-state index contributed by atoms with van der Waals surface area (Å²) < 4.78 is 46.1. The molecule has 0 unspecified atom stereocenters. The van der Waals surface area contributed by atoms with Crippen molar-refractivity contribution in [2.75, 3.05) is 35.2 Å². The Morgan fingerprint density at radius 2 is 1.75 bits per heavy atom. The quantitative estimate of drug-likeness (QED) is 0.319. The Labute approximate surface area is 231 Å². The Balaban J connectivity index is 1.83. The Morgan fingerprint density at radius 1 is 1.02 bits per heavy atom. The molecule has 0 spiro atoms. The lowest BCUT2D eigenvalue weighted by Gasteiger charge is -2.41. The third-order valence-electron chi connectivity index (χ3n) is 7.64. The predicted molar refractivity (Wildman–Crippen MR) is 144 cm³/mol. The number of rotatable bonds is 7. The molecule has 40 heavy (non-hydrogen) atoms. The standard InChI is InChI=1S/C30H32O10/c1-15-11-17-12-21-25(39-14-38-21)26(35-6)22(17)23-18(13-20(33-4)24(34-5)27(23)36-7)28(30(15,3)32)40-29(31)16(2)19-9-8-10-37-19/h8-10,12-13,15,28,32H,2,11,14H2,1,3-7H3/t15-,28-,30-/m0/s1. The van der Waals surface area contributed by atoms with E-state index in [2.05, 4.69) is 6.58 Å². The van der Waals surface area contributed by atoms with Gasteiger partial charge in [0.1, 0.15) is 11.4 Å². The Morgan fingerprint density at radius 3 is 2.38 bits per heavy atom. The summed E-state index contributed by atoms with van der Waals surface area (Å²) in [5.41, 5.74) is 0.771. The monoisotopic (exact) mass is 552 g/mol. The number of benzene rings is 2. The van der Waals surface area contributed by atoms with Crippen LogP contribution in [0.25, 0.3) is 16.7 Å². The zero-order valence-electron chi connectivity index (χ0n) is 23.3. The van der Waals surface area contributed by atoms with Crippen molar-refractivity contribution in [3.63, 3.8) is 0 Å². The van der Waals surface area contributed by atoms with Crippen LogP contribution in [0, 0.1) is 5.92 Å². The van der Waals surface area contributed by atoms with E-state index in [0.717, 1.165) is 5.56 Å². The highest BCUT2D eigenvalue weighted by atomic mass is 16.7. The summed E-state index contributed by atoms with van der Waals surface area (Å²) in [6.45, 7) is 7.40. The maximum atomic E-state index is 13.4. The fourth-order valence-electron chi connectivity index (χ4n) is 5.35. The van der Waals surface area contributed by atoms with Gasteiger partial charge in [0, 0.05) is 16.7 Å². The zero-order valence-corrected chi connectivity index (χ0v) is 23.3. The van der Waals surface area contributed by atoms with Gasteiger partial charge in [0.2, 0.25) is 18.3 Å². The molecule has 0 bridgehead atoms. The van der Waals surface area contributed by atoms with Crippen molar-refractivity contribution in [1.82, 2.24) is 0 Å². The van der Waals surface area contributed by atoms with Crippen LogP contribution < -0.4 is 28.4 Å². The molecule has 3 aromatic rings. The molecule has 1 aliphatic heterocycles. The molecule has 0 amide bonds. The van der Waals surface area contributed by atoms with Crippen molar-refractivity contribution < 1.29 is 47.5 Å². The van der Waals surface area contributed by atoms with Crippen LogP contribution in [0.2, 0.25) is 0 Å². The first-order valence-corrected chi connectivity index (χ1v) is 12.7. The van der Waals surface area contributed by atoms with Gasteiger partial charge in [-0.15, -0.1) is 0 Å². The highest BCUT2D eigenvalue weighted by Crippen LogP contribution is 2.59. The molecule has 10 nitrogen and oxygen atoms in total. The van der Waals surface area contributed by atoms with Gasteiger partial charge in [-0.1, -0.05) is 13.5 Å². The Bertz CT molecular complexity index is 1450. The summed E-state index contributed by atoms with van der Waals surface area (Å²) in [5, 5.41) is 12.1. The number of fused-ring (bicyclic) bond motifs is 4. The maximum Gasteiger partial charge on any atom is 0.342 e. The molecule has 10 heteroatoms.